The van der Waals surface area contributed by atoms with Crippen LogP contribution in [0, 0.1) is 12.7 Å². The number of halogens is 1. The van der Waals surface area contributed by atoms with Crippen molar-refractivity contribution in [3.8, 4) is 28.1 Å². The molecule has 2 amide bonds. The molecule has 144 valence electrons. The van der Waals surface area contributed by atoms with Crippen LogP contribution >= 0.6 is 0 Å². The minimum atomic E-state index is -0.602. The van der Waals surface area contributed by atoms with Crippen LogP contribution in [-0.2, 0) is 0 Å². The van der Waals surface area contributed by atoms with Crippen molar-refractivity contribution in [1.82, 2.24) is 9.78 Å². The average Bonchev–Trinajstić information content (AvgIpc) is 3.10. The summed E-state index contributed by atoms with van der Waals surface area (Å²) in [4.78, 5) is 11.0. The van der Waals surface area contributed by atoms with E-state index in [2.05, 4.69) is 10.4 Å². The fourth-order valence-electron chi connectivity index (χ4n) is 3.21. The minimum Gasteiger partial charge on any atom is -0.351 e. The van der Waals surface area contributed by atoms with E-state index in [-0.39, 0.29) is 5.82 Å². The van der Waals surface area contributed by atoms with E-state index in [0.717, 1.165) is 33.8 Å². The van der Waals surface area contributed by atoms with Gasteiger partial charge in [-0.25, -0.2) is 13.9 Å². The summed E-state index contributed by atoms with van der Waals surface area (Å²) in [5.41, 5.74) is 11.5. The van der Waals surface area contributed by atoms with Crippen molar-refractivity contribution in [1.29, 1.82) is 0 Å². The summed E-state index contributed by atoms with van der Waals surface area (Å²) in [5, 5.41) is 7.15. The molecule has 1 heterocycles. The zero-order valence-corrected chi connectivity index (χ0v) is 15.8. The van der Waals surface area contributed by atoms with E-state index < -0.39 is 6.03 Å². The maximum atomic E-state index is 13.1. The molecule has 29 heavy (non-hydrogen) atoms. The standard InChI is InChI=1S/C23H19FN4O/c1-15-14-22(28(27-15)21-12-10-20(11-13-21)26-23(25)29)18-4-2-16(3-5-18)17-6-8-19(24)9-7-17/h2-14H,1H3,(H3,25,26,29). The van der Waals surface area contributed by atoms with Gasteiger partial charge in [0.15, 0.2) is 0 Å². The third-order valence-electron chi connectivity index (χ3n) is 4.57. The van der Waals surface area contributed by atoms with Crippen LogP contribution in [0.25, 0.3) is 28.1 Å². The third-order valence-corrected chi connectivity index (χ3v) is 4.57. The van der Waals surface area contributed by atoms with Gasteiger partial charge < -0.3 is 11.1 Å². The Hall–Kier alpha value is -3.93. The number of urea groups is 1. The first-order valence-corrected chi connectivity index (χ1v) is 9.09. The van der Waals surface area contributed by atoms with Crippen molar-refractivity contribution in [3.05, 3.63) is 90.4 Å². The van der Waals surface area contributed by atoms with Gasteiger partial charge >= 0.3 is 6.03 Å². The molecule has 0 spiro atoms. The van der Waals surface area contributed by atoms with Gasteiger partial charge in [0, 0.05) is 11.3 Å². The van der Waals surface area contributed by atoms with Crippen molar-refractivity contribution in [2.45, 2.75) is 6.92 Å². The fraction of sp³-hybridized carbons (Fsp3) is 0.0435. The van der Waals surface area contributed by atoms with Crippen LogP contribution in [0.15, 0.2) is 78.9 Å². The maximum Gasteiger partial charge on any atom is 0.316 e. The van der Waals surface area contributed by atoms with Gasteiger partial charge in [-0.2, -0.15) is 5.10 Å². The molecule has 0 atom stereocenters. The zero-order chi connectivity index (χ0) is 20.4. The molecule has 0 saturated heterocycles. The molecule has 6 heteroatoms. The Morgan fingerprint density at radius 3 is 2.03 bits per heavy atom. The van der Waals surface area contributed by atoms with E-state index in [1.54, 1.807) is 24.3 Å². The van der Waals surface area contributed by atoms with Crippen LogP contribution in [0.5, 0.6) is 0 Å². The molecule has 0 aliphatic heterocycles. The van der Waals surface area contributed by atoms with E-state index in [1.807, 2.05) is 54.1 Å². The second kappa shape index (κ2) is 7.59. The minimum absolute atomic E-state index is 0.248. The van der Waals surface area contributed by atoms with Crippen molar-refractivity contribution < 1.29 is 9.18 Å². The predicted molar refractivity (Wildman–Crippen MR) is 112 cm³/mol. The molecule has 0 bridgehead atoms. The molecular formula is C23H19FN4O. The smallest absolute Gasteiger partial charge is 0.316 e. The number of nitrogens with two attached hydrogens (primary N) is 1. The summed E-state index contributed by atoms with van der Waals surface area (Å²) in [6, 6.07) is 23.2. The first kappa shape index (κ1) is 18.4. The first-order valence-electron chi connectivity index (χ1n) is 9.09. The molecule has 4 rings (SSSR count). The lowest BCUT2D eigenvalue weighted by atomic mass is 10.0. The Bertz CT molecular complexity index is 1150. The molecule has 0 radical (unpaired) electrons. The summed E-state index contributed by atoms with van der Waals surface area (Å²) >= 11 is 0. The number of nitrogens with one attached hydrogen (secondary N) is 1. The number of primary amides is 1. The maximum absolute atomic E-state index is 13.1. The number of carbonyl (C=O) groups is 1. The summed E-state index contributed by atoms with van der Waals surface area (Å²) < 4.78 is 15.0. The van der Waals surface area contributed by atoms with Gasteiger partial charge in [0.25, 0.3) is 0 Å². The van der Waals surface area contributed by atoms with Crippen LogP contribution in [0.4, 0.5) is 14.9 Å². The van der Waals surface area contributed by atoms with Crippen molar-refractivity contribution in [2.75, 3.05) is 5.32 Å². The molecule has 0 aliphatic carbocycles. The highest BCUT2D eigenvalue weighted by Crippen LogP contribution is 2.28. The highest BCUT2D eigenvalue weighted by molar-refractivity contribution is 5.87. The molecule has 1 aromatic heterocycles. The van der Waals surface area contributed by atoms with Gasteiger partial charge in [0.2, 0.25) is 0 Å². The van der Waals surface area contributed by atoms with Crippen LogP contribution in [0.2, 0.25) is 0 Å². The molecule has 5 nitrogen and oxygen atoms in total. The SMILES string of the molecule is Cc1cc(-c2ccc(-c3ccc(F)cc3)cc2)n(-c2ccc(NC(N)=O)cc2)n1. The van der Waals surface area contributed by atoms with E-state index in [4.69, 9.17) is 5.73 Å². The Morgan fingerprint density at radius 2 is 1.45 bits per heavy atom. The lowest BCUT2D eigenvalue weighted by Crippen LogP contribution is -2.19. The van der Waals surface area contributed by atoms with Crippen LogP contribution < -0.4 is 11.1 Å². The molecule has 0 unspecified atom stereocenters. The first-order chi connectivity index (χ1) is 14.0. The molecule has 3 aromatic carbocycles. The number of carbonyl (C=O) groups excluding carboxylic acids is 1. The quantitative estimate of drug-likeness (QED) is 0.509. The van der Waals surface area contributed by atoms with E-state index >= 15 is 0 Å². The Morgan fingerprint density at radius 1 is 0.897 bits per heavy atom. The number of hydrogen-bond acceptors (Lipinski definition) is 2. The number of rotatable bonds is 4. The fourth-order valence-corrected chi connectivity index (χ4v) is 3.21. The lowest BCUT2D eigenvalue weighted by Gasteiger charge is -2.10. The number of hydrogen-bond donors (Lipinski definition) is 2. The topological polar surface area (TPSA) is 72.9 Å². The van der Waals surface area contributed by atoms with Gasteiger partial charge in [-0.15, -0.1) is 0 Å². The lowest BCUT2D eigenvalue weighted by molar-refractivity contribution is 0.259. The van der Waals surface area contributed by atoms with Crippen LogP contribution in [-0.4, -0.2) is 15.8 Å². The number of aryl methyl sites for hydroxylation is 1. The van der Waals surface area contributed by atoms with Gasteiger partial charge in [0.05, 0.1) is 17.1 Å². The van der Waals surface area contributed by atoms with Crippen molar-refractivity contribution in [2.24, 2.45) is 5.73 Å². The summed E-state index contributed by atoms with van der Waals surface area (Å²) in [5.74, 6) is -0.248. The summed E-state index contributed by atoms with van der Waals surface area (Å²) in [6.07, 6.45) is 0. The summed E-state index contributed by atoms with van der Waals surface area (Å²) in [6.45, 7) is 1.94. The normalized spacial score (nSPS) is 10.7. The van der Waals surface area contributed by atoms with Crippen molar-refractivity contribution >= 4 is 11.7 Å². The number of anilines is 1. The van der Waals surface area contributed by atoms with Gasteiger partial charge in [-0.3, -0.25) is 0 Å². The average molecular weight is 386 g/mol. The predicted octanol–water partition coefficient (Wildman–Crippen LogP) is 5.14. The molecule has 4 aromatic rings. The number of nitrogens with zero attached hydrogens (tertiary/aromatic N) is 2. The van der Waals surface area contributed by atoms with E-state index in [0.29, 0.717) is 5.69 Å². The van der Waals surface area contributed by atoms with Gasteiger partial charge in [0.1, 0.15) is 5.82 Å². The number of amides is 2. The molecule has 3 N–H and O–H groups in total. The monoisotopic (exact) mass is 386 g/mol. The largest absolute Gasteiger partial charge is 0.351 e. The second-order valence-electron chi connectivity index (χ2n) is 6.70. The highest BCUT2D eigenvalue weighted by atomic mass is 19.1. The molecule has 0 saturated carbocycles. The molecular weight excluding hydrogens is 367 g/mol. The molecule has 0 fully saturated rings. The van der Waals surface area contributed by atoms with Gasteiger partial charge in [-0.05, 0) is 60.5 Å². The van der Waals surface area contributed by atoms with Crippen LogP contribution in [0.1, 0.15) is 5.69 Å². The van der Waals surface area contributed by atoms with Crippen molar-refractivity contribution in [3.63, 3.8) is 0 Å². The Kier molecular flexibility index (Phi) is 4.83. The second-order valence-corrected chi connectivity index (χ2v) is 6.70. The van der Waals surface area contributed by atoms with E-state index in [1.165, 1.54) is 12.1 Å². The highest BCUT2D eigenvalue weighted by Gasteiger charge is 2.11. The Balaban J connectivity index is 1.66. The number of benzene rings is 3. The number of aromatic nitrogens is 2. The van der Waals surface area contributed by atoms with E-state index in [9.17, 15) is 9.18 Å². The molecule has 0 aliphatic rings. The van der Waals surface area contributed by atoms with Crippen LogP contribution in [0.3, 0.4) is 0 Å². The zero-order valence-electron chi connectivity index (χ0n) is 15.8. The third kappa shape index (κ3) is 4.01. The Labute approximate surface area is 167 Å². The summed E-state index contributed by atoms with van der Waals surface area (Å²) in [7, 11) is 0. The van der Waals surface area contributed by atoms with Gasteiger partial charge in [-0.1, -0.05) is 36.4 Å².